The van der Waals surface area contributed by atoms with Gasteiger partial charge in [-0.15, -0.1) is 11.6 Å². The molecule has 0 amide bonds. The summed E-state index contributed by atoms with van der Waals surface area (Å²) in [5.41, 5.74) is 1.05. The van der Waals surface area contributed by atoms with E-state index in [1.807, 2.05) is 17.9 Å². The second kappa shape index (κ2) is 4.65. The van der Waals surface area contributed by atoms with Crippen molar-refractivity contribution >= 4 is 11.6 Å². The first kappa shape index (κ1) is 11.1. The summed E-state index contributed by atoms with van der Waals surface area (Å²) in [5.74, 6) is 0.872. The molecule has 0 spiro atoms. The summed E-state index contributed by atoms with van der Waals surface area (Å²) in [7, 11) is 1.86. The van der Waals surface area contributed by atoms with Gasteiger partial charge in [0.2, 0.25) is 0 Å². The van der Waals surface area contributed by atoms with Crippen molar-refractivity contribution in [2.75, 3.05) is 0 Å². The number of nitrogens with zero attached hydrogens (tertiary/aromatic N) is 5. The summed E-state index contributed by atoms with van der Waals surface area (Å²) in [4.78, 5) is 4.14. The lowest BCUT2D eigenvalue weighted by Gasteiger charge is -2.02. The molecule has 2 rings (SSSR count). The first-order valence-electron chi connectivity index (χ1n) is 5.20. The van der Waals surface area contributed by atoms with Crippen molar-refractivity contribution in [3.8, 4) is 0 Å². The van der Waals surface area contributed by atoms with Crippen molar-refractivity contribution < 1.29 is 0 Å². The molecule has 0 aromatic carbocycles. The molecule has 5 nitrogen and oxygen atoms in total. The number of aryl methyl sites for hydroxylation is 1. The summed E-state index contributed by atoms with van der Waals surface area (Å²) in [6.45, 7) is 2.67. The molecular formula is C10H14ClN5. The van der Waals surface area contributed by atoms with Gasteiger partial charge in [0.1, 0.15) is 18.7 Å². The van der Waals surface area contributed by atoms with Gasteiger partial charge in [0.25, 0.3) is 0 Å². The smallest absolute Gasteiger partial charge is 0.148 e. The monoisotopic (exact) mass is 239 g/mol. The molecule has 0 saturated heterocycles. The molecule has 2 heterocycles. The van der Waals surface area contributed by atoms with Crippen LogP contribution < -0.4 is 0 Å². The minimum atomic E-state index is 0.0354. The van der Waals surface area contributed by atoms with E-state index in [0.717, 1.165) is 17.8 Å². The number of hydrogen-bond acceptors (Lipinski definition) is 3. The lowest BCUT2D eigenvalue weighted by Crippen LogP contribution is -2.07. The molecule has 86 valence electrons. The third-order valence-corrected chi connectivity index (χ3v) is 3.04. The Balaban J connectivity index is 2.11. The summed E-state index contributed by atoms with van der Waals surface area (Å²) in [6, 6.07) is 0. The van der Waals surface area contributed by atoms with Gasteiger partial charge in [-0.25, -0.2) is 4.98 Å². The highest BCUT2D eigenvalue weighted by Crippen LogP contribution is 2.22. The Kier molecular flexibility index (Phi) is 3.24. The van der Waals surface area contributed by atoms with Gasteiger partial charge >= 0.3 is 0 Å². The third-order valence-electron chi connectivity index (χ3n) is 2.48. The van der Waals surface area contributed by atoms with Crippen molar-refractivity contribution in [2.45, 2.75) is 25.3 Å². The topological polar surface area (TPSA) is 48.5 Å². The summed E-state index contributed by atoms with van der Waals surface area (Å²) < 4.78 is 3.56. The van der Waals surface area contributed by atoms with E-state index in [0.29, 0.717) is 6.54 Å². The lowest BCUT2D eigenvalue weighted by molar-refractivity contribution is 0.607. The summed E-state index contributed by atoms with van der Waals surface area (Å²) in [5, 5.41) is 8.30. The normalized spacial score (nSPS) is 12.9. The van der Waals surface area contributed by atoms with Crippen LogP contribution in [0.1, 0.15) is 30.1 Å². The first-order valence-corrected chi connectivity index (χ1v) is 5.63. The molecule has 0 N–H and O–H groups in total. The molecule has 0 aliphatic heterocycles. The van der Waals surface area contributed by atoms with Crippen LogP contribution in [-0.2, 0) is 13.6 Å². The Bertz CT molecular complexity index is 461. The van der Waals surface area contributed by atoms with Crippen LogP contribution in [0.25, 0.3) is 0 Å². The Hall–Kier alpha value is -1.36. The number of alkyl halides is 1. The SMILES string of the molecule is CCC(Cl)c1cnn(Cc2ncnn2C)c1. The molecular weight excluding hydrogens is 226 g/mol. The van der Waals surface area contributed by atoms with Gasteiger partial charge in [-0.05, 0) is 6.42 Å². The first-order chi connectivity index (χ1) is 7.70. The average Bonchev–Trinajstić information content (AvgIpc) is 2.89. The molecule has 0 radical (unpaired) electrons. The zero-order chi connectivity index (χ0) is 11.5. The third kappa shape index (κ3) is 2.24. The molecule has 0 aliphatic rings. The Morgan fingerprint density at radius 1 is 1.44 bits per heavy atom. The fourth-order valence-corrected chi connectivity index (χ4v) is 1.58. The lowest BCUT2D eigenvalue weighted by atomic mass is 10.2. The van der Waals surface area contributed by atoms with Crippen molar-refractivity contribution in [3.05, 3.63) is 30.1 Å². The van der Waals surface area contributed by atoms with Crippen LogP contribution in [0.5, 0.6) is 0 Å². The highest BCUT2D eigenvalue weighted by Gasteiger charge is 2.09. The second-order valence-corrected chi connectivity index (χ2v) is 4.17. The fourth-order valence-electron chi connectivity index (χ4n) is 1.47. The van der Waals surface area contributed by atoms with E-state index >= 15 is 0 Å². The highest BCUT2D eigenvalue weighted by molar-refractivity contribution is 6.20. The second-order valence-electron chi connectivity index (χ2n) is 3.65. The predicted molar refractivity (Wildman–Crippen MR) is 61.2 cm³/mol. The van der Waals surface area contributed by atoms with E-state index in [4.69, 9.17) is 11.6 Å². The van der Waals surface area contributed by atoms with Crippen molar-refractivity contribution in [1.29, 1.82) is 0 Å². The minimum absolute atomic E-state index is 0.0354. The summed E-state index contributed by atoms with van der Waals surface area (Å²) >= 11 is 6.13. The van der Waals surface area contributed by atoms with Crippen LogP contribution >= 0.6 is 11.6 Å². The maximum absolute atomic E-state index is 6.13. The number of hydrogen-bond donors (Lipinski definition) is 0. The van der Waals surface area contributed by atoms with Gasteiger partial charge < -0.3 is 0 Å². The van der Waals surface area contributed by atoms with Crippen molar-refractivity contribution in [3.63, 3.8) is 0 Å². The molecule has 0 saturated carbocycles. The molecule has 16 heavy (non-hydrogen) atoms. The molecule has 1 atom stereocenters. The Morgan fingerprint density at radius 2 is 2.25 bits per heavy atom. The van der Waals surface area contributed by atoms with Crippen LogP contribution in [0, 0.1) is 0 Å². The highest BCUT2D eigenvalue weighted by atomic mass is 35.5. The van der Waals surface area contributed by atoms with Gasteiger partial charge in [-0.2, -0.15) is 10.2 Å². The molecule has 2 aromatic heterocycles. The van der Waals surface area contributed by atoms with Crippen LogP contribution in [0.3, 0.4) is 0 Å². The minimum Gasteiger partial charge on any atom is -0.265 e. The van der Waals surface area contributed by atoms with E-state index in [1.165, 1.54) is 6.33 Å². The standard InChI is InChI=1S/C10H14ClN5/c1-3-9(11)8-4-13-16(5-8)6-10-12-7-14-15(10)2/h4-5,7,9H,3,6H2,1-2H3. The van der Waals surface area contributed by atoms with Crippen LogP contribution in [0.4, 0.5) is 0 Å². The number of aromatic nitrogens is 5. The Morgan fingerprint density at radius 3 is 2.88 bits per heavy atom. The number of rotatable bonds is 4. The van der Waals surface area contributed by atoms with E-state index in [-0.39, 0.29) is 5.38 Å². The van der Waals surface area contributed by atoms with Crippen LogP contribution in [-0.4, -0.2) is 24.5 Å². The molecule has 0 bridgehead atoms. The maximum atomic E-state index is 6.13. The van der Waals surface area contributed by atoms with Gasteiger partial charge in [0, 0.05) is 18.8 Å². The predicted octanol–water partition coefficient (Wildman–Crippen LogP) is 1.75. The van der Waals surface area contributed by atoms with Gasteiger partial charge in [-0.3, -0.25) is 9.36 Å². The van der Waals surface area contributed by atoms with E-state index < -0.39 is 0 Å². The van der Waals surface area contributed by atoms with Crippen molar-refractivity contribution in [1.82, 2.24) is 24.5 Å². The Labute approximate surface area is 99.1 Å². The van der Waals surface area contributed by atoms with Gasteiger partial charge in [-0.1, -0.05) is 6.92 Å². The molecule has 0 fully saturated rings. The molecule has 0 aliphatic carbocycles. The van der Waals surface area contributed by atoms with Gasteiger partial charge in [0.15, 0.2) is 0 Å². The van der Waals surface area contributed by atoms with E-state index in [9.17, 15) is 0 Å². The zero-order valence-electron chi connectivity index (χ0n) is 9.34. The largest absolute Gasteiger partial charge is 0.265 e. The molecule has 1 unspecified atom stereocenters. The van der Waals surface area contributed by atoms with E-state index in [2.05, 4.69) is 22.1 Å². The average molecular weight is 240 g/mol. The van der Waals surface area contributed by atoms with Crippen molar-refractivity contribution in [2.24, 2.45) is 7.05 Å². The number of halogens is 1. The van der Waals surface area contributed by atoms with Crippen LogP contribution in [0.15, 0.2) is 18.7 Å². The van der Waals surface area contributed by atoms with Gasteiger partial charge in [0.05, 0.1) is 11.6 Å². The fraction of sp³-hybridized carbons (Fsp3) is 0.500. The van der Waals surface area contributed by atoms with E-state index in [1.54, 1.807) is 10.9 Å². The summed E-state index contributed by atoms with van der Waals surface area (Å²) in [6.07, 6.45) is 6.20. The zero-order valence-corrected chi connectivity index (χ0v) is 10.1. The quantitative estimate of drug-likeness (QED) is 0.764. The molecule has 6 heteroatoms. The maximum Gasteiger partial charge on any atom is 0.148 e. The van der Waals surface area contributed by atoms with Crippen LogP contribution in [0.2, 0.25) is 0 Å². The molecule has 2 aromatic rings.